The van der Waals surface area contributed by atoms with Crippen molar-refractivity contribution in [3.63, 3.8) is 0 Å². The Hall–Kier alpha value is -2.95. The SMILES string of the molecule is CCc1ccc(/C=C/C(=O)N(C)[C@@H](C)c2cccc([N+](=O)[O-])c2)cc1. The summed E-state index contributed by atoms with van der Waals surface area (Å²) in [5.74, 6) is -0.154. The van der Waals surface area contributed by atoms with Gasteiger partial charge in [-0.1, -0.05) is 43.3 Å². The molecule has 0 saturated heterocycles. The molecule has 0 aliphatic heterocycles. The van der Waals surface area contributed by atoms with Crippen LogP contribution < -0.4 is 0 Å². The molecule has 5 heteroatoms. The Morgan fingerprint density at radius 2 is 1.92 bits per heavy atom. The Kier molecular flexibility index (Phi) is 6.06. The zero-order chi connectivity index (χ0) is 18.4. The Labute approximate surface area is 147 Å². The topological polar surface area (TPSA) is 63.5 Å². The molecule has 0 unspecified atom stereocenters. The van der Waals surface area contributed by atoms with E-state index in [1.54, 1.807) is 30.2 Å². The molecule has 2 rings (SSSR count). The molecule has 0 bridgehead atoms. The van der Waals surface area contributed by atoms with Crippen LogP contribution in [0.25, 0.3) is 6.08 Å². The van der Waals surface area contributed by atoms with Crippen molar-refractivity contribution in [2.24, 2.45) is 0 Å². The van der Waals surface area contributed by atoms with Gasteiger partial charge in [-0.2, -0.15) is 0 Å². The van der Waals surface area contributed by atoms with Gasteiger partial charge in [-0.25, -0.2) is 0 Å². The molecule has 0 N–H and O–H groups in total. The van der Waals surface area contributed by atoms with Gasteiger partial charge in [0.2, 0.25) is 5.91 Å². The molecule has 25 heavy (non-hydrogen) atoms. The Morgan fingerprint density at radius 1 is 1.24 bits per heavy atom. The van der Waals surface area contributed by atoms with Gasteiger partial charge in [0.15, 0.2) is 0 Å². The maximum Gasteiger partial charge on any atom is 0.269 e. The Bertz CT molecular complexity index is 782. The number of nitro benzene ring substituents is 1. The Morgan fingerprint density at radius 3 is 2.52 bits per heavy atom. The summed E-state index contributed by atoms with van der Waals surface area (Å²) in [6, 6.07) is 14.1. The number of rotatable bonds is 6. The number of hydrogen-bond donors (Lipinski definition) is 0. The Balaban J connectivity index is 2.08. The molecule has 0 heterocycles. The van der Waals surface area contributed by atoms with Crippen LogP contribution in [-0.2, 0) is 11.2 Å². The summed E-state index contributed by atoms with van der Waals surface area (Å²) in [5, 5.41) is 10.9. The number of carbonyl (C=O) groups is 1. The van der Waals surface area contributed by atoms with Gasteiger partial charge in [0.05, 0.1) is 11.0 Å². The highest BCUT2D eigenvalue weighted by molar-refractivity contribution is 5.91. The zero-order valence-corrected chi connectivity index (χ0v) is 14.7. The van der Waals surface area contributed by atoms with Crippen LogP contribution in [-0.4, -0.2) is 22.8 Å². The molecule has 0 saturated carbocycles. The summed E-state index contributed by atoms with van der Waals surface area (Å²) in [6.07, 6.45) is 4.28. The quantitative estimate of drug-likeness (QED) is 0.446. The highest BCUT2D eigenvalue weighted by Gasteiger charge is 2.17. The first kappa shape index (κ1) is 18.4. The normalized spacial score (nSPS) is 12.1. The van der Waals surface area contributed by atoms with E-state index >= 15 is 0 Å². The van der Waals surface area contributed by atoms with Crippen molar-refractivity contribution in [3.05, 3.63) is 81.4 Å². The molecule has 0 aliphatic rings. The maximum atomic E-state index is 12.4. The second-order valence-corrected chi connectivity index (χ2v) is 5.91. The molecule has 2 aromatic rings. The predicted molar refractivity (Wildman–Crippen MR) is 99.1 cm³/mol. The molecule has 2 aromatic carbocycles. The molecule has 1 amide bonds. The standard InChI is InChI=1S/C20H22N2O3/c1-4-16-8-10-17(11-9-16)12-13-20(23)21(3)15(2)18-6-5-7-19(14-18)22(24)25/h5-15H,4H2,1-3H3/b13-12+/t15-/m0/s1. The third kappa shape index (κ3) is 4.76. The van der Waals surface area contributed by atoms with Crippen LogP contribution in [0.1, 0.15) is 36.6 Å². The number of nitrogens with zero attached hydrogens (tertiary/aromatic N) is 2. The number of carbonyl (C=O) groups excluding carboxylic acids is 1. The molecule has 0 aliphatic carbocycles. The van der Waals surface area contributed by atoms with Gasteiger partial charge in [-0.15, -0.1) is 0 Å². The first-order chi connectivity index (χ1) is 11.9. The highest BCUT2D eigenvalue weighted by atomic mass is 16.6. The van der Waals surface area contributed by atoms with E-state index in [1.807, 2.05) is 31.2 Å². The van der Waals surface area contributed by atoms with Gasteiger partial charge < -0.3 is 4.90 Å². The lowest BCUT2D eigenvalue weighted by atomic mass is 10.1. The third-order valence-corrected chi connectivity index (χ3v) is 4.30. The third-order valence-electron chi connectivity index (χ3n) is 4.30. The van der Waals surface area contributed by atoms with Crippen molar-refractivity contribution in [3.8, 4) is 0 Å². The van der Waals surface area contributed by atoms with E-state index in [0.29, 0.717) is 0 Å². The second-order valence-electron chi connectivity index (χ2n) is 5.91. The maximum absolute atomic E-state index is 12.4. The largest absolute Gasteiger partial charge is 0.335 e. The molecule has 0 fully saturated rings. The van der Waals surface area contributed by atoms with E-state index in [-0.39, 0.29) is 17.6 Å². The minimum absolute atomic E-state index is 0.0248. The van der Waals surface area contributed by atoms with Crippen LogP contribution in [0, 0.1) is 10.1 Å². The fourth-order valence-corrected chi connectivity index (χ4v) is 2.46. The van der Waals surface area contributed by atoms with Gasteiger partial charge in [0.25, 0.3) is 5.69 Å². The van der Waals surface area contributed by atoms with E-state index in [9.17, 15) is 14.9 Å². The minimum atomic E-state index is -0.433. The number of likely N-dealkylation sites (N-methyl/N-ethyl adjacent to an activating group) is 1. The monoisotopic (exact) mass is 338 g/mol. The molecular weight excluding hydrogens is 316 g/mol. The molecular formula is C20H22N2O3. The number of nitro groups is 1. The number of hydrogen-bond acceptors (Lipinski definition) is 3. The van der Waals surface area contributed by atoms with Crippen LogP contribution >= 0.6 is 0 Å². The van der Waals surface area contributed by atoms with Gasteiger partial charge in [0.1, 0.15) is 0 Å². The summed E-state index contributed by atoms with van der Waals surface area (Å²) in [4.78, 5) is 24.4. The fraction of sp³-hybridized carbons (Fsp3) is 0.250. The van der Waals surface area contributed by atoms with Crippen LogP contribution in [0.15, 0.2) is 54.6 Å². The highest BCUT2D eigenvalue weighted by Crippen LogP contribution is 2.23. The molecule has 0 spiro atoms. The molecule has 0 aromatic heterocycles. The lowest BCUT2D eigenvalue weighted by Gasteiger charge is -2.24. The smallest absolute Gasteiger partial charge is 0.269 e. The van der Waals surface area contributed by atoms with Crippen molar-refractivity contribution in [2.45, 2.75) is 26.3 Å². The number of non-ortho nitro benzene ring substituents is 1. The van der Waals surface area contributed by atoms with Crippen molar-refractivity contribution >= 4 is 17.7 Å². The van der Waals surface area contributed by atoms with Gasteiger partial charge in [-0.3, -0.25) is 14.9 Å². The summed E-state index contributed by atoms with van der Waals surface area (Å²) < 4.78 is 0. The van der Waals surface area contributed by atoms with Crippen molar-refractivity contribution in [1.82, 2.24) is 4.90 Å². The van der Waals surface area contributed by atoms with Gasteiger partial charge in [-0.05, 0) is 36.1 Å². The number of aryl methyl sites for hydroxylation is 1. The van der Waals surface area contributed by atoms with E-state index < -0.39 is 4.92 Å². The van der Waals surface area contributed by atoms with E-state index in [2.05, 4.69) is 6.92 Å². The minimum Gasteiger partial charge on any atom is -0.335 e. The van der Waals surface area contributed by atoms with E-state index in [0.717, 1.165) is 17.5 Å². The zero-order valence-electron chi connectivity index (χ0n) is 14.7. The van der Waals surface area contributed by atoms with Gasteiger partial charge in [0, 0.05) is 25.3 Å². The molecule has 130 valence electrons. The lowest BCUT2D eigenvalue weighted by molar-refractivity contribution is -0.384. The van der Waals surface area contributed by atoms with Crippen molar-refractivity contribution in [2.75, 3.05) is 7.05 Å². The van der Waals surface area contributed by atoms with Crippen LogP contribution in [0.2, 0.25) is 0 Å². The van der Waals surface area contributed by atoms with Crippen molar-refractivity contribution < 1.29 is 9.72 Å². The number of amides is 1. The average molecular weight is 338 g/mol. The average Bonchev–Trinajstić information content (AvgIpc) is 2.65. The predicted octanol–water partition coefficient (Wildman–Crippen LogP) is 4.39. The first-order valence-corrected chi connectivity index (χ1v) is 8.20. The molecule has 1 atom stereocenters. The van der Waals surface area contributed by atoms with Crippen molar-refractivity contribution in [1.29, 1.82) is 0 Å². The lowest BCUT2D eigenvalue weighted by Crippen LogP contribution is -2.28. The molecule has 5 nitrogen and oxygen atoms in total. The van der Waals surface area contributed by atoms with E-state index in [4.69, 9.17) is 0 Å². The van der Waals surface area contributed by atoms with Crippen LogP contribution in [0.4, 0.5) is 5.69 Å². The summed E-state index contributed by atoms with van der Waals surface area (Å²) in [7, 11) is 1.69. The second kappa shape index (κ2) is 8.24. The summed E-state index contributed by atoms with van der Waals surface area (Å²) in [6.45, 7) is 3.94. The first-order valence-electron chi connectivity index (χ1n) is 8.20. The summed E-state index contributed by atoms with van der Waals surface area (Å²) in [5.41, 5.74) is 2.96. The number of benzene rings is 2. The molecule has 0 radical (unpaired) electrons. The summed E-state index contributed by atoms with van der Waals surface area (Å²) >= 11 is 0. The van der Waals surface area contributed by atoms with Crippen LogP contribution in [0.3, 0.4) is 0 Å². The van der Waals surface area contributed by atoms with Crippen LogP contribution in [0.5, 0.6) is 0 Å². The fourth-order valence-electron chi connectivity index (χ4n) is 2.46. The van der Waals surface area contributed by atoms with E-state index in [1.165, 1.54) is 23.8 Å². The van der Waals surface area contributed by atoms with Gasteiger partial charge >= 0.3 is 0 Å².